The number of rotatable bonds is 3. The van der Waals surface area contributed by atoms with E-state index in [4.69, 9.17) is 4.74 Å². The average molecular weight is 391 g/mol. The van der Waals surface area contributed by atoms with Gasteiger partial charge >= 0.3 is 0 Å². The van der Waals surface area contributed by atoms with Crippen LogP contribution in [0.2, 0.25) is 0 Å². The van der Waals surface area contributed by atoms with Crippen LogP contribution in [-0.2, 0) is 9.59 Å². The molecule has 5 unspecified atom stereocenters. The summed E-state index contributed by atoms with van der Waals surface area (Å²) >= 11 is 0. The van der Waals surface area contributed by atoms with Crippen LogP contribution < -0.4 is 15.4 Å². The van der Waals surface area contributed by atoms with Gasteiger partial charge in [0.25, 0.3) is 0 Å². The number of nitrogens with one attached hydrogen (secondary N) is 2. The van der Waals surface area contributed by atoms with E-state index in [1.54, 1.807) is 38.1 Å². The maximum absolute atomic E-state index is 13.2. The summed E-state index contributed by atoms with van der Waals surface area (Å²) in [6.45, 7) is 4.73. The summed E-state index contributed by atoms with van der Waals surface area (Å²) in [5.74, 6) is -2.68. The number of methoxy groups -OCH3 is 1. The average Bonchev–Trinajstić information content (AvgIpc) is 2.89. The Hall–Kier alpha value is -3.57. The largest absolute Gasteiger partial charge is 0.497 e. The highest BCUT2D eigenvalue weighted by Crippen LogP contribution is 2.66. The minimum atomic E-state index is -1.95. The van der Waals surface area contributed by atoms with E-state index in [1.165, 1.54) is 14.0 Å². The van der Waals surface area contributed by atoms with E-state index in [2.05, 4.69) is 10.6 Å². The molecule has 1 aliphatic carbocycles. The summed E-state index contributed by atoms with van der Waals surface area (Å²) in [4.78, 5) is 25.2. The number of fused-ring (bicyclic) bond motifs is 2. The molecular weight excluding hydrogens is 370 g/mol. The molecule has 0 aromatic heterocycles. The number of benzene rings is 1. The summed E-state index contributed by atoms with van der Waals surface area (Å²) in [5, 5.41) is 36.1. The molecule has 1 saturated heterocycles. The van der Waals surface area contributed by atoms with Crippen LogP contribution in [0.3, 0.4) is 0 Å². The fourth-order valence-corrected chi connectivity index (χ4v) is 5.32. The molecule has 2 fully saturated rings. The van der Waals surface area contributed by atoms with E-state index in [0.29, 0.717) is 11.3 Å². The number of amides is 2. The molecule has 5 atom stereocenters. The normalized spacial score (nSPS) is 34.1. The third-order valence-corrected chi connectivity index (χ3v) is 6.70. The Morgan fingerprint density at radius 3 is 2.17 bits per heavy atom. The number of nitriles is 3. The Morgan fingerprint density at radius 2 is 1.72 bits per heavy atom. The Kier molecular flexibility index (Phi) is 4.52. The standard InChI is InChI=1S/C21H21N5O3/c1-12-17(15-5-7-16(29-4)8-6-15)19(9-22,10-23)20(11-24)13(2)21(12,25-14(3)27)26-18(20)28/h5-8,12-13,17H,1-4H3,(H,25,27)(H,26,28). The van der Waals surface area contributed by atoms with Gasteiger partial charge in [-0.25, -0.2) is 0 Å². The van der Waals surface area contributed by atoms with Gasteiger partial charge in [0, 0.05) is 24.7 Å². The van der Waals surface area contributed by atoms with Gasteiger partial charge in [0.05, 0.1) is 25.3 Å². The molecule has 8 heteroatoms. The van der Waals surface area contributed by atoms with Crippen molar-refractivity contribution in [3.05, 3.63) is 29.8 Å². The van der Waals surface area contributed by atoms with Crippen LogP contribution in [0.1, 0.15) is 32.3 Å². The molecule has 29 heavy (non-hydrogen) atoms. The zero-order valence-corrected chi connectivity index (χ0v) is 16.6. The SMILES string of the molecule is COc1ccc(C2C(C)C3(NC(C)=O)NC(=O)C(C#N)(C3C)C2(C#N)C#N)cc1. The molecule has 2 bridgehead atoms. The predicted octanol–water partition coefficient (Wildman–Crippen LogP) is 1.57. The van der Waals surface area contributed by atoms with Gasteiger partial charge < -0.3 is 15.4 Å². The molecule has 8 nitrogen and oxygen atoms in total. The van der Waals surface area contributed by atoms with E-state index >= 15 is 0 Å². The summed E-state index contributed by atoms with van der Waals surface area (Å²) in [5.41, 5.74) is -4.55. The zero-order chi connectivity index (χ0) is 21.6. The molecular formula is C21H21N5O3. The first-order valence-corrected chi connectivity index (χ1v) is 9.19. The van der Waals surface area contributed by atoms with Gasteiger partial charge in [-0.15, -0.1) is 0 Å². The first-order chi connectivity index (χ1) is 13.7. The highest BCUT2D eigenvalue weighted by atomic mass is 16.5. The van der Waals surface area contributed by atoms with Crippen LogP contribution in [0.5, 0.6) is 5.75 Å². The van der Waals surface area contributed by atoms with Crippen molar-refractivity contribution >= 4 is 11.8 Å². The molecule has 1 aliphatic heterocycles. The molecule has 0 spiro atoms. The quantitative estimate of drug-likeness (QED) is 0.802. The molecule has 2 aliphatic rings. The second kappa shape index (κ2) is 6.50. The Bertz CT molecular complexity index is 985. The Morgan fingerprint density at radius 1 is 1.14 bits per heavy atom. The minimum Gasteiger partial charge on any atom is -0.497 e. The lowest BCUT2D eigenvalue weighted by atomic mass is 9.44. The summed E-state index contributed by atoms with van der Waals surface area (Å²) < 4.78 is 5.18. The van der Waals surface area contributed by atoms with Crippen molar-refractivity contribution < 1.29 is 14.3 Å². The van der Waals surface area contributed by atoms with Gasteiger partial charge in [-0.05, 0) is 17.7 Å². The number of carbonyl (C=O) groups is 2. The number of hydrogen-bond acceptors (Lipinski definition) is 6. The zero-order valence-electron chi connectivity index (χ0n) is 16.6. The first-order valence-electron chi connectivity index (χ1n) is 9.19. The topological polar surface area (TPSA) is 139 Å². The van der Waals surface area contributed by atoms with Crippen LogP contribution in [0.25, 0.3) is 0 Å². The predicted molar refractivity (Wildman–Crippen MR) is 100 cm³/mol. The van der Waals surface area contributed by atoms with Crippen LogP contribution in [-0.4, -0.2) is 24.6 Å². The molecule has 148 valence electrons. The second-order valence-corrected chi connectivity index (χ2v) is 7.72. The fourth-order valence-electron chi connectivity index (χ4n) is 5.32. The first kappa shape index (κ1) is 20.2. The smallest absolute Gasteiger partial charge is 0.245 e. The van der Waals surface area contributed by atoms with Gasteiger partial charge in [-0.2, -0.15) is 15.8 Å². The van der Waals surface area contributed by atoms with Gasteiger partial charge in [0.15, 0.2) is 10.8 Å². The Balaban J connectivity index is 2.36. The van der Waals surface area contributed by atoms with Crippen molar-refractivity contribution in [3.63, 3.8) is 0 Å². The lowest BCUT2D eigenvalue weighted by molar-refractivity contribution is -0.131. The monoisotopic (exact) mass is 391 g/mol. The second-order valence-electron chi connectivity index (χ2n) is 7.72. The van der Waals surface area contributed by atoms with E-state index < -0.39 is 40.2 Å². The van der Waals surface area contributed by atoms with Crippen LogP contribution >= 0.6 is 0 Å². The van der Waals surface area contributed by atoms with Crippen LogP contribution in [0.4, 0.5) is 0 Å². The van der Waals surface area contributed by atoms with Crippen molar-refractivity contribution in [2.24, 2.45) is 22.7 Å². The van der Waals surface area contributed by atoms with E-state index in [-0.39, 0.29) is 5.91 Å². The number of hydrogen-bond donors (Lipinski definition) is 2. The van der Waals surface area contributed by atoms with Crippen LogP contribution in [0.15, 0.2) is 24.3 Å². The van der Waals surface area contributed by atoms with Gasteiger partial charge in [0.1, 0.15) is 11.4 Å². The van der Waals surface area contributed by atoms with Gasteiger partial charge in [-0.3, -0.25) is 9.59 Å². The van der Waals surface area contributed by atoms with Crippen molar-refractivity contribution in [2.75, 3.05) is 7.11 Å². The van der Waals surface area contributed by atoms with Crippen molar-refractivity contribution in [3.8, 4) is 24.0 Å². The highest BCUT2D eigenvalue weighted by Gasteiger charge is 2.80. The molecule has 2 amide bonds. The van der Waals surface area contributed by atoms with Crippen LogP contribution in [0, 0.1) is 56.7 Å². The molecule has 0 radical (unpaired) electrons. The third-order valence-electron chi connectivity index (χ3n) is 6.70. The number of carbonyl (C=O) groups excluding carboxylic acids is 2. The summed E-state index contributed by atoms with van der Waals surface area (Å²) in [6, 6.07) is 12.9. The van der Waals surface area contributed by atoms with Crippen molar-refractivity contribution in [1.82, 2.24) is 10.6 Å². The van der Waals surface area contributed by atoms with E-state index in [1.807, 2.05) is 18.2 Å². The highest BCUT2D eigenvalue weighted by molar-refractivity contribution is 5.94. The van der Waals surface area contributed by atoms with Gasteiger partial charge in [-0.1, -0.05) is 26.0 Å². The van der Waals surface area contributed by atoms with E-state index in [0.717, 1.165) is 0 Å². The maximum atomic E-state index is 13.2. The minimum absolute atomic E-state index is 0.382. The summed E-state index contributed by atoms with van der Waals surface area (Å²) in [7, 11) is 1.52. The van der Waals surface area contributed by atoms with E-state index in [9.17, 15) is 25.4 Å². The molecule has 1 aromatic rings. The lowest BCUT2D eigenvalue weighted by Crippen LogP contribution is -2.69. The Labute approximate surface area is 169 Å². The fraction of sp³-hybridized carbons (Fsp3) is 0.476. The molecule has 1 saturated carbocycles. The summed E-state index contributed by atoms with van der Waals surface area (Å²) in [6.07, 6.45) is 0. The number of ether oxygens (including phenoxy) is 1. The molecule has 2 N–H and O–H groups in total. The van der Waals surface area contributed by atoms with Crippen molar-refractivity contribution in [1.29, 1.82) is 15.8 Å². The molecule has 1 heterocycles. The number of nitrogens with zero attached hydrogens (tertiary/aromatic N) is 3. The van der Waals surface area contributed by atoms with Gasteiger partial charge in [0.2, 0.25) is 11.8 Å². The third kappa shape index (κ3) is 2.22. The molecule has 3 rings (SSSR count). The lowest BCUT2D eigenvalue weighted by Gasteiger charge is -2.54. The molecule has 1 aromatic carbocycles. The maximum Gasteiger partial charge on any atom is 0.245 e. The van der Waals surface area contributed by atoms with Crippen molar-refractivity contribution in [2.45, 2.75) is 32.4 Å².